The average molecular weight is 294 g/mol. The molecular weight excluding hydrogens is 264 g/mol. The lowest BCUT2D eigenvalue weighted by Crippen LogP contribution is -2.64. The highest BCUT2D eigenvalue weighted by Crippen LogP contribution is 2.37. The van der Waals surface area contributed by atoms with Crippen molar-refractivity contribution in [3.63, 3.8) is 0 Å². The van der Waals surface area contributed by atoms with E-state index in [4.69, 9.17) is 4.74 Å². The van der Waals surface area contributed by atoms with Crippen molar-refractivity contribution in [2.75, 3.05) is 19.7 Å². The van der Waals surface area contributed by atoms with Crippen LogP contribution in [-0.2, 0) is 9.53 Å². The van der Waals surface area contributed by atoms with E-state index in [2.05, 4.69) is 10.2 Å². The average Bonchev–Trinajstić information content (AvgIpc) is 2.89. The van der Waals surface area contributed by atoms with Gasteiger partial charge in [0, 0.05) is 18.6 Å². The summed E-state index contributed by atoms with van der Waals surface area (Å²) in [6, 6.07) is 0.859. The Kier molecular flexibility index (Phi) is 4.85. The van der Waals surface area contributed by atoms with Gasteiger partial charge in [-0.3, -0.25) is 10.2 Å². The molecule has 0 amide bonds. The van der Waals surface area contributed by atoms with Crippen molar-refractivity contribution in [1.82, 2.24) is 10.2 Å². The van der Waals surface area contributed by atoms with Gasteiger partial charge in [-0.05, 0) is 45.6 Å². The van der Waals surface area contributed by atoms with E-state index in [-0.39, 0.29) is 5.97 Å². The number of nitrogens with zero attached hydrogens (tertiary/aromatic N) is 1. The van der Waals surface area contributed by atoms with Crippen LogP contribution in [-0.4, -0.2) is 48.2 Å². The van der Waals surface area contributed by atoms with Crippen molar-refractivity contribution in [2.24, 2.45) is 0 Å². The van der Waals surface area contributed by atoms with Gasteiger partial charge in [0.1, 0.15) is 5.54 Å². The van der Waals surface area contributed by atoms with Crippen molar-refractivity contribution >= 4 is 5.97 Å². The van der Waals surface area contributed by atoms with Crippen LogP contribution in [0.25, 0.3) is 0 Å². The number of hydrogen-bond donors (Lipinski definition) is 1. The Bertz CT molecular complexity index is 368. The number of fused-ring (bicyclic) bond motifs is 1. The first-order chi connectivity index (χ1) is 10.3. The summed E-state index contributed by atoms with van der Waals surface area (Å²) in [6.07, 6.45) is 11.0. The van der Waals surface area contributed by atoms with Gasteiger partial charge >= 0.3 is 5.97 Å². The molecule has 1 saturated carbocycles. The van der Waals surface area contributed by atoms with E-state index in [0.717, 1.165) is 25.9 Å². The third-order valence-corrected chi connectivity index (χ3v) is 5.68. The van der Waals surface area contributed by atoms with Crippen molar-refractivity contribution in [3.8, 4) is 0 Å². The molecule has 0 aromatic heterocycles. The monoisotopic (exact) mass is 294 g/mol. The first kappa shape index (κ1) is 15.3. The van der Waals surface area contributed by atoms with Crippen LogP contribution in [0.1, 0.15) is 64.7 Å². The second-order valence-electron chi connectivity index (χ2n) is 6.97. The number of ether oxygens (including phenoxy) is 1. The lowest BCUT2D eigenvalue weighted by Gasteiger charge is -2.42. The Morgan fingerprint density at radius 1 is 1.14 bits per heavy atom. The van der Waals surface area contributed by atoms with Gasteiger partial charge < -0.3 is 4.74 Å². The second-order valence-corrected chi connectivity index (χ2v) is 6.97. The highest BCUT2D eigenvalue weighted by Gasteiger charge is 2.54. The zero-order chi connectivity index (χ0) is 14.7. The molecule has 0 radical (unpaired) electrons. The molecule has 2 unspecified atom stereocenters. The first-order valence-corrected chi connectivity index (χ1v) is 8.95. The highest BCUT2D eigenvalue weighted by molar-refractivity contribution is 5.82. The number of piperidine rings is 1. The van der Waals surface area contributed by atoms with Crippen LogP contribution in [0, 0.1) is 0 Å². The Morgan fingerprint density at radius 3 is 2.67 bits per heavy atom. The van der Waals surface area contributed by atoms with E-state index in [1.165, 1.54) is 44.9 Å². The van der Waals surface area contributed by atoms with Gasteiger partial charge in [0.2, 0.25) is 0 Å². The number of esters is 1. The van der Waals surface area contributed by atoms with E-state index in [9.17, 15) is 4.79 Å². The maximum absolute atomic E-state index is 12.8. The summed E-state index contributed by atoms with van der Waals surface area (Å²) >= 11 is 0. The van der Waals surface area contributed by atoms with Crippen LogP contribution in [0.2, 0.25) is 0 Å². The van der Waals surface area contributed by atoms with Gasteiger partial charge in [-0.2, -0.15) is 0 Å². The van der Waals surface area contributed by atoms with Crippen LogP contribution < -0.4 is 5.32 Å². The van der Waals surface area contributed by atoms with Crippen LogP contribution in [0.3, 0.4) is 0 Å². The minimum Gasteiger partial charge on any atom is -0.465 e. The fourth-order valence-corrected chi connectivity index (χ4v) is 4.64. The van der Waals surface area contributed by atoms with Crippen molar-refractivity contribution < 1.29 is 9.53 Å². The molecule has 0 aromatic rings. The minimum atomic E-state index is -0.432. The third-order valence-electron chi connectivity index (χ3n) is 5.68. The van der Waals surface area contributed by atoms with Crippen LogP contribution in [0.4, 0.5) is 0 Å². The lowest BCUT2D eigenvalue weighted by atomic mass is 9.83. The predicted molar refractivity (Wildman–Crippen MR) is 83.2 cm³/mol. The van der Waals surface area contributed by atoms with Gasteiger partial charge in [-0.25, -0.2) is 4.79 Å². The summed E-state index contributed by atoms with van der Waals surface area (Å²) in [7, 11) is 0. The third kappa shape index (κ3) is 2.98. The van der Waals surface area contributed by atoms with Crippen molar-refractivity contribution in [2.45, 2.75) is 82.3 Å². The van der Waals surface area contributed by atoms with E-state index in [0.29, 0.717) is 18.7 Å². The number of nitrogens with one attached hydrogen (secondary N) is 1. The molecule has 2 heterocycles. The van der Waals surface area contributed by atoms with Crippen LogP contribution in [0.15, 0.2) is 0 Å². The molecule has 1 aliphatic carbocycles. The Labute approximate surface area is 128 Å². The molecule has 3 fully saturated rings. The maximum Gasteiger partial charge on any atom is 0.328 e. The van der Waals surface area contributed by atoms with E-state index in [1.54, 1.807) is 0 Å². The molecule has 0 bridgehead atoms. The van der Waals surface area contributed by atoms with Crippen LogP contribution in [0.5, 0.6) is 0 Å². The first-order valence-electron chi connectivity index (χ1n) is 8.95. The number of hydrogen-bond acceptors (Lipinski definition) is 4. The summed E-state index contributed by atoms with van der Waals surface area (Å²) in [4.78, 5) is 15.3. The minimum absolute atomic E-state index is 0.00461. The zero-order valence-electron chi connectivity index (χ0n) is 13.4. The Balaban J connectivity index is 1.78. The standard InChI is InChI=1S/C17H30N2O2/c1-2-21-16(20)17(18-14-8-4-3-5-9-14)11-13-19-12-7-6-10-15(17)19/h14-15,18H,2-13H2,1H3. The molecule has 120 valence electrons. The molecule has 2 saturated heterocycles. The Morgan fingerprint density at radius 2 is 1.90 bits per heavy atom. The van der Waals surface area contributed by atoms with E-state index < -0.39 is 5.54 Å². The van der Waals surface area contributed by atoms with E-state index >= 15 is 0 Å². The highest BCUT2D eigenvalue weighted by atomic mass is 16.5. The molecule has 2 aliphatic heterocycles. The molecule has 0 spiro atoms. The molecule has 3 aliphatic rings. The van der Waals surface area contributed by atoms with Gasteiger partial charge in [-0.1, -0.05) is 25.7 Å². The number of carbonyl (C=O) groups excluding carboxylic acids is 1. The summed E-state index contributed by atoms with van der Waals surface area (Å²) in [6.45, 7) is 4.60. The topological polar surface area (TPSA) is 41.6 Å². The zero-order valence-corrected chi connectivity index (χ0v) is 13.4. The van der Waals surface area contributed by atoms with Crippen molar-refractivity contribution in [1.29, 1.82) is 0 Å². The second kappa shape index (κ2) is 6.66. The smallest absolute Gasteiger partial charge is 0.328 e. The predicted octanol–water partition coefficient (Wildman–Crippen LogP) is 2.47. The fourth-order valence-electron chi connectivity index (χ4n) is 4.64. The molecule has 4 heteroatoms. The lowest BCUT2D eigenvalue weighted by molar-refractivity contribution is -0.153. The molecule has 2 atom stereocenters. The number of carbonyl (C=O) groups is 1. The molecule has 4 nitrogen and oxygen atoms in total. The van der Waals surface area contributed by atoms with Gasteiger partial charge in [0.05, 0.1) is 6.61 Å². The number of rotatable bonds is 4. The summed E-state index contributed by atoms with van der Waals surface area (Å²) in [5.41, 5.74) is -0.432. The Hall–Kier alpha value is -0.610. The van der Waals surface area contributed by atoms with Gasteiger partial charge in [0.25, 0.3) is 0 Å². The molecule has 0 aromatic carbocycles. The molecular formula is C17H30N2O2. The van der Waals surface area contributed by atoms with Crippen LogP contribution >= 0.6 is 0 Å². The van der Waals surface area contributed by atoms with Crippen molar-refractivity contribution in [3.05, 3.63) is 0 Å². The summed E-state index contributed by atoms with van der Waals surface area (Å²) in [5, 5.41) is 3.80. The van der Waals surface area contributed by atoms with E-state index in [1.807, 2.05) is 6.92 Å². The summed E-state index contributed by atoms with van der Waals surface area (Å²) < 4.78 is 5.49. The molecule has 1 N–H and O–H groups in total. The quantitative estimate of drug-likeness (QED) is 0.809. The SMILES string of the molecule is CCOC(=O)C1(NC2CCCCC2)CCN2CCCCC21. The van der Waals surface area contributed by atoms with Gasteiger partial charge in [0.15, 0.2) is 0 Å². The summed E-state index contributed by atoms with van der Waals surface area (Å²) in [5.74, 6) is 0.00461. The van der Waals surface area contributed by atoms with Gasteiger partial charge in [-0.15, -0.1) is 0 Å². The maximum atomic E-state index is 12.8. The normalized spacial score (nSPS) is 34.6. The largest absolute Gasteiger partial charge is 0.465 e. The molecule has 3 rings (SSSR count). The molecule has 21 heavy (non-hydrogen) atoms. The fraction of sp³-hybridized carbons (Fsp3) is 0.941.